The Hall–Kier alpha value is -1.21. The Morgan fingerprint density at radius 1 is 1.03 bits per heavy atom. The number of hydrogen-bond acceptors (Lipinski definition) is 5. The first-order valence-corrected chi connectivity index (χ1v) is 13.6. The lowest BCUT2D eigenvalue weighted by Gasteiger charge is -2.24. The Morgan fingerprint density at radius 3 is 2.48 bits per heavy atom. The number of benzene rings is 1. The Kier molecular flexibility index (Phi) is 13.9. The van der Waals surface area contributed by atoms with Crippen LogP contribution >= 0.6 is 15.9 Å². The molecule has 0 radical (unpaired) electrons. The Bertz CT molecular complexity index is 680. The first kappa shape index (κ1) is 28.0. The number of allylic oxidation sites excluding steroid dienone is 1. The second kappa shape index (κ2) is 16.4. The fourth-order valence-corrected chi connectivity index (χ4v) is 5.09. The number of hydrogen-bond donors (Lipinski definition) is 3. The second-order valence-electron chi connectivity index (χ2n) is 9.18. The van der Waals surface area contributed by atoms with E-state index in [1.165, 1.54) is 5.56 Å². The molecule has 2 rings (SSSR count). The van der Waals surface area contributed by atoms with Crippen molar-refractivity contribution in [3.63, 3.8) is 0 Å². The van der Waals surface area contributed by atoms with E-state index < -0.39 is 18.3 Å². The van der Waals surface area contributed by atoms with E-state index in [1.54, 1.807) is 0 Å². The molecule has 0 saturated heterocycles. The number of unbranched alkanes of at least 4 members (excludes halogenated alkanes) is 2. The summed E-state index contributed by atoms with van der Waals surface area (Å²) >= 11 is 3.35. The van der Waals surface area contributed by atoms with E-state index in [9.17, 15) is 20.1 Å². The van der Waals surface area contributed by atoms with Gasteiger partial charge in [-0.05, 0) is 81.6 Å². The van der Waals surface area contributed by atoms with Crippen LogP contribution < -0.4 is 0 Å². The summed E-state index contributed by atoms with van der Waals surface area (Å²) in [6, 6.07) is 10.2. The zero-order valence-electron chi connectivity index (χ0n) is 19.7. The van der Waals surface area contributed by atoms with Gasteiger partial charge in [0, 0.05) is 5.33 Å². The minimum absolute atomic E-state index is 0.0323. The topological polar surface area (TPSA) is 87.0 Å². The van der Waals surface area contributed by atoms with E-state index in [4.69, 9.17) is 4.74 Å². The molecular formula is C27H41BrO5. The van der Waals surface area contributed by atoms with E-state index in [2.05, 4.69) is 28.1 Å². The van der Waals surface area contributed by atoms with Crippen LogP contribution in [0.3, 0.4) is 0 Å². The summed E-state index contributed by atoms with van der Waals surface area (Å²) < 4.78 is 5.17. The van der Waals surface area contributed by atoms with Gasteiger partial charge in [0.05, 0.1) is 31.3 Å². The lowest BCUT2D eigenvalue weighted by Crippen LogP contribution is -2.24. The Labute approximate surface area is 207 Å². The van der Waals surface area contributed by atoms with Crippen molar-refractivity contribution >= 4 is 21.9 Å². The molecule has 0 aliphatic heterocycles. The van der Waals surface area contributed by atoms with Crippen molar-refractivity contribution in [1.29, 1.82) is 0 Å². The van der Waals surface area contributed by atoms with Gasteiger partial charge in [0.2, 0.25) is 0 Å². The number of carbonyl (C=O) groups excluding carboxylic acids is 1. The zero-order valence-corrected chi connectivity index (χ0v) is 21.2. The highest BCUT2D eigenvalue weighted by molar-refractivity contribution is 9.09. The van der Waals surface area contributed by atoms with Crippen molar-refractivity contribution in [3.05, 3.63) is 48.0 Å². The summed E-state index contributed by atoms with van der Waals surface area (Å²) in [4.78, 5) is 11.7. The molecule has 0 unspecified atom stereocenters. The Morgan fingerprint density at radius 2 is 1.76 bits per heavy atom. The van der Waals surface area contributed by atoms with Crippen LogP contribution in [0.5, 0.6) is 0 Å². The van der Waals surface area contributed by atoms with Gasteiger partial charge in [-0.15, -0.1) is 0 Å². The molecule has 1 fully saturated rings. The van der Waals surface area contributed by atoms with E-state index in [-0.39, 0.29) is 17.8 Å². The van der Waals surface area contributed by atoms with Crippen LogP contribution in [0.15, 0.2) is 42.5 Å². The summed E-state index contributed by atoms with van der Waals surface area (Å²) in [6.07, 6.45) is 10.6. The standard InChI is InChI=1S/C27H41BrO5/c28-18-8-9-19-33-27(32)13-7-2-1-6-12-23-24(26(31)20-25(23)30)17-16-22(29)15-14-21-10-4-3-5-11-21/h2-5,7,10-11,22-26,29-31H,1,6,8-9,12-20H2/b7-2-/t22-,23+,24+,25-,26+/m0/s1. The number of esters is 1. The number of rotatable bonds is 16. The maximum atomic E-state index is 11.7. The summed E-state index contributed by atoms with van der Waals surface area (Å²) in [5, 5.41) is 32.2. The number of halogens is 1. The van der Waals surface area contributed by atoms with Gasteiger partial charge in [-0.25, -0.2) is 0 Å². The summed E-state index contributed by atoms with van der Waals surface area (Å²) in [6.45, 7) is 0.475. The summed E-state index contributed by atoms with van der Waals surface area (Å²) in [5.41, 5.74) is 1.22. The van der Waals surface area contributed by atoms with Gasteiger partial charge < -0.3 is 20.1 Å². The number of aliphatic hydroxyl groups excluding tert-OH is 3. The molecule has 1 aromatic carbocycles. The minimum atomic E-state index is -0.499. The maximum absolute atomic E-state index is 11.7. The van der Waals surface area contributed by atoms with Gasteiger partial charge in [-0.1, -0.05) is 58.4 Å². The second-order valence-corrected chi connectivity index (χ2v) is 9.97. The van der Waals surface area contributed by atoms with Crippen LogP contribution in [-0.2, 0) is 16.0 Å². The lowest BCUT2D eigenvalue weighted by atomic mass is 9.84. The fraction of sp³-hybridized carbons (Fsp3) is 0.667. The molecule has 1 aliphatic rings. The van der Waals surface area contributed by atoms with Gasteiger partial charge in [0.1, 0.15) is 0 Å². The van der Waals surface area contributed by atoms with E-state index in [0.717, 1.165) is 50.3 Å². The number of carbonyl (C=O) groups is 1. The van der Waals surface area contributed by atoms with E-state index in [0.29, 0.717) is 32.3 Å². The lowest BCUT2D eigenvalue weighted by molar-refractivity contribution is -0.142. The van der Waals surface area contributed by atoms with Crippen molar-refractivity contribution in [3.8, 4) is 0 Å². The molecule has 6 heteroatoms. The molecule has 186 valence electrons. The van der Waals surface area contributed by atoms with Crippen molar-refractivity contribution in [2.45, 2.75) is 88.9 Å². The SMILES string of the molecule is O=C(C/C=C\CCC[C@@H]1[C@@H](CC[C@@H](O)CCc2ccccc2)[C@H](O)C[C@@H]1O)OCCCCBr. The first-order valence-electron chi connectivity index (χ1n) is 12.5. The van der Waals surface area contributed by atoms with Crippen LogP contribution in [-0.4, -0.2) is 51.5 Å². The van der Waals surface area contributed by atoms with Crippen LogP contribution in [0.1, 0.15) is 69.8 Å². The smallest absolute Gasteiger partial charge is 0.309 e. The van der Waals surface area contributed by atoms with Gasteiger partial charge in [-0.2, -0.15) is 0 Å². The quantitative estimate of drug-likeness (QED) is 0.123. The molecule has 0 bridgehead atoms. The number of alkyl halides is 1. The first-order chi connectivity index (χ1) is 16.0. The van der Waals surface area contributed by atoms with Gasteiger partial charge in [0.25, 0.3) is 0 Å². The third kappa shape index (κ3) is 11.2. The molecule has 0 heterocycles. The average molecular weight is 526 g/mol. The molecule has 0 aromatic heterocycles. The molecule has 33 heavy (non-hydrogen) atoms. The normalized spacial score (nSPS) is 23.8. The van der Waals surface area contributed by atoms with Gasteiger partial charge >= 0.3 is 5.97 Å². The van der Waals surface area contributed by atoms with Gasteiger partial charge in [0.15, 0.2) is 0 Å². The monoisotopic (exact) mass is 524 g/mol. The van der Waals surface area contributed by atoms with Crippen LogP contribution in [0.25, 0.3) is 0 Å². The van der Waals surface area contributed by atoms with Crippen molar-refractivity contribution in [2.24, 2.45) is 11.8 Å². The van der Waals surface area contributed by atoms with Crippen LogP contribution in [0.4, 0.5) is 0 Å². The highest BCUT2D eigenvalue weighted by Gasteiger charge is 2.40. The number of aliphatic hydroxyl groups is 3. The highest BCUT2D eigenvalue weighted by atomic mass is 79.9. The minimum Gasteiger partial charge on any atom is -0.465 e. The fourth-order valence-electron chi connectivity index (χ4n) is 4.70. The molecule has 1 aliphatic carbocycles. The molecule has 0 spiro atoms. The molecular weight excluding hydrogens is 484 g/mol. The van der Waals surface area contributed by atoms with Gasteiger partial charge in [-0.3, -0.25) is 4.79 Å². The molecule has 5 nitrogen and oxygen atoms in total. The zero-order chi connectivity index (χ0) is 23.9. The number of ether oxygens (including phenoxy) is 1. The highest BCUT2D eigenvalue weighted by Crippen LogP contribution is 2.39. The molecule has 1 aromatic rings. The molecule has 5 atom stereocenters. The largest absolute Gasteiger partial charge is 0.465 e. The molecule has 3 N–H and O–H groups in total. The molecule has 1 saturated carbocycles. The van der Waals surface area contributed by atoms with Crippen molar-refractivity contribution < 1.29 is 24.9 Å². The van der Waals surface area contributed by atoms with Crippen LogP contribution in [0, 0.1) is 11.8 Å². The predicted molar refractivity (Wildman–Crippen MR) is 135 cm³/mol. The van der Waals surface area contributed by atoms with E-state index >= 15 is 0 Å². The number of aryl methyl sites for hydroxylation is 1. The molecule has 0 amide bonds. The van der Waals surface area contributed by atoms with E-state index in [1.807, 2.05) is 30.4 Å². The third-order valence-electron chi connectivity index (χ3n) is 6.61. The summed E-state index contributed by atoms with van der Waals surface area (Å²) in [5.74, 6) is -0.0972. The van der Waals surface area contributed by atoms with Crippen LogP contribution in [0.2, 0.25) is 0 Å². The Balaban J connectivity index is 1.64. The average Bonchev–Trinajstić information content (AvgIpc) is 3.08. The third-order valence-corrected chi connectivity index (χ3v) is 7.17. The van der Waals surface area contributed by atoms with Crippen molar-refractivity contribution in [2.75, 3.05) is 11.9 Å². The van der Waals surface area contributed by atoms with Crippen molar-refractivity contribution in [1.82, 2.24) is 0 Å². The predicted octanol–water partition coefficient (Wildman–Crippen LogP) is 4.95. The maximum Gasteiger partial charge on any atom is 0.309 e. The summed E-state index contributed by atoms with van der Waals surface area (Å²) in [7, 11) is 0.